The summed E-state index contributed by atoms with van der Waals surface area (Å²) >= 11 is 11.5. The van der Waals surface area contributed by atoms with Crippen molar-refractivity contribution >= 4 is 39.0 Å². The Morgan fingerprint density at radius 2 is 1.94 bits per heavy atom. The summed E-state index contributed by atoms with van der Waals surface area (Å²) in [6.07, 6.45) is 3.96. The summed E-state index contributed by atoms with van der Waals surface area (Å²) in [7, 11) is -3.83. The summed E-state index contributed by atoms with van der Waals surface area (Å²) in [5.74, 6) is 0.113. The van der Waals surface area contributed by atoms with Crippen molar-refractivity contribution in [2.45, 2.75) is 4.90 Å². The van der Waals surface area contributed by atoms with Gasteiger partial charge in [-0.3, -0.25) is 9.71 Å². The predicted molar refractivity (Wildman–Crippen MR) is 69.3 cm³/mol. The van der Waals surface area contributed by atoms with Crippen LogP contribution in [-0.2, 0) is 10.0 Å². The highest BCUT2D eigenvalue weighted by atomic mass is 35.5. The van der Waals surface area contributed by atoms with E-state index in [1.807, 2.05) is 0 Å². The maximum Gasteiger partial charge on any atom is 0.266 e. The quantitative estimate of drug-likeness (QED) is 0.946. The monoisotopic (exact) mass is 303 g/mol. The number of nitrogens with zero attached hydrogens (tertiary/aromatic N) is 2. The molecule has 1 N–H and O–H groups in total. The lowest BCUT2D eigenvalue weighted by Crippen LogP contribution is -2.14. The van der Waals surface area contributed by atoms with Crippen LogP contribution in [0.1, 0.15) is 0 Å². The van der Waals surface area contributed by atoms with Gasteiger partial charge in [-0.25, -0.2) is 13.4 Å². The molecule has 2 aromatic rings. The largest absolute Gasteiger partial charge is 0.266 e. The second-order valence-corrected chi connectivity index (χ2v) is 5.77. The van der Waals surface area contributed by atoms with Crippen molar-refractivity contribution in [1.82, 2.24) is 9.97 Å². The Morgan fingerprint density at radius 3 is 2.61 bits per heavy atom. The number of aromatic nitrogens is 2. The van der Waals surface area contributed by atoms with E-state index in [0.717, 1.165) is 6.20 Å². The minimum Gasteiger partial charge on any atom is -0.263 e. The maximum absolute atomic E-state index is 12.0. The van der Waals surface area contributed by atoms with Gasteiger partial charge in [0.25, 0.3) is 10.0 Å². The zero-order valence-corrected chi connectivity index (χ0v) is 11.2. The molecular weight excluding hydrogens is 297 g/mol. The van der Waals surface area contributed by atoms with Gasteiger partial charge in [-0.15, -0.1) is 0 Å². The zero-order chi connectivity index (χ0) is 13.2. The standard InChI is InChI=1S/C10H7Cl2N3O2S/c11-7-1-4-14-10(5-7)15-18(16,17)9-6-13-3-2-8(9)12/h1-6H,(H,14,15). The molecule has 0 aromatic carbocycles. The molecule has 18 heavy (non-hydrogen) atoms. The van der Waals surface area contributed by atoms with Gasteiger partial charge in [0.2, 0.25) is 0 Å². The fourth-order valence-corrected chi connectivity index (χ4v) is 2.80. The predicted octanol–water partition coefficient (Wildman–Crippen LogP) is 2.58. The van der Waals surface area contributed by atoms with Gasteiger partial charge in [0, 0.05) is 29.7 Å². The molecule has 8 heteroatoms. The normalized spacial score (nSPS) is 11.2. The highest BCUT2D eigenvalue weighted by Crippen LogP contribution is 2.22. The molecule has 0 saturated heterocycles. The Balaban J connectivity index is 2.37. The van der Waals surface area contributed by atoms with Crippen molar-refractivity contribution in [1.29, 1.82) is 0 Å². The Bertz CT molecular complexity index is 676. The fraction of sp³-hybridized carbons (Fsp3) is 0. The van der Waals surface area contributed by atoms with Gasteiger partial charge in [0.1, 0.15) is 10.7 Å². The van der Waals surface area contributed by atoms with Crippen LogP contribution in [0.2, 0.25) is 10.0 Å². The fourth-order valence-electron chi connectivity index (χ4n) is 1.21. The molecule has 0 aliphatic heterocycles. The first-order valence-corrected chi connectivity index (χ1v) is 6.97. The maximum atomic E-state index is 12.0. The summed E-state index contributed by atoms with van der Waals surface area (Å²) in [4.78, 5) is 7.45. The van der Waals surface area contributed by atoms with Crippen molar-refractivity contribution in [3.05, 3.63) is 46.8 Å². The lowest BCUT2D eigenvalue weighted by molar-refractivity contribution is 0.600. The molecule has 2 aromatic heterocycles. The van der Waals surface area contributed by atoms with E-state index in [4.69, 9.17) is 23.2 Å². The molecule has 0 amide bonds. The number of pyridine rings is 2. The van der Waals surface area contributed by atoms with Crippen LogP contribution in [0, 0.1) is 0 Å². The molecule has 0 aliphatic rings. The third-order valence-corrected chi connectivity index (χ3v) is 4.04. The number of hydrogen-bond donors (Lipinski definition) is 1. The van der Waals surface area contributed by atoms with Crippen LogP contribution >= 0.6 is 23.2 Å². The summed E-state index contributed by atoms with van der Waals surface area (Å²) < 4.78 is 26.3. The Morgan fingerprint density at radius 1 is 1.17 bits per heavy atom. The molecule has 0 radical (unpaired) electrons. The highest BCUT2D eigenvalue weighted by molar-refractivity contribution is 7.92. The van der Waals surface area contributed by atoms with Gasteiger partial charge in [-0.1, -0.05) is 23.2 Å². The van der Waals surface area contributed by atoms with Crippen molar-refractivity contribution in [2.75, 3.05) is 4.72 Å². The molecule has 0 aliphatic carbocycles. The van der Waals surface area contributed by atoms with E-state index in [1.54, 1.807) is 0 Å². The Kier molecular flexibility index (Phi) is 3.70. The number of anilines is 1. The molecule has 0 atom stereocenters. The highest BCUT2D eigenvalue weighted by Gasteiger charge is 2.18. The number of halogens is 2. The molecular formula is C10H7Cl2N3O2S. The second-order valence-electron chi connectivity index (χ2n) is 3.27. The number of hydrogen-bond acceptors (Lipinski definition) is 4. The third kappa shape index (κ3) is 2.90. The molecule has 2 rings (SSSR count). The van der Waals surface area contributed by atoms with E-state index in [1.165, 1.54) is 30.6 Å². The molecule has 0 spiro atoms. The lowest BCUT2D eigenvalue weighted by atomic mass is 10.5. The number of rotatable bonds is 3. The van der Waals surface area contributed by atoms with Crippen molar-refractivity contribution in [3.8, 4) is 0 Å². The molecule has 2 heterocycles. The van der Waals surface area contributed by atoms with Crippen LogP contribution in [-0.4, -0.2) is 18.4 Å². The van der Waals surface area contributed by atoms with Gasteiger partial charge in [-0.05, 0) is 12.1 Å². The van der Waals surface area contributed by atoms with Crippen LogP contribution < -0.4 is 4.72 Å². The van der Waals surface area contributed by atoms with Crippen LogP contribution in [0.4, 0.5) is 5.82 Å². The van der Waals surface area contributed by atoms with Crippen molar-refractivity contribution in [3.63, 3.8) is 0 Å². The minimum absolute atomic E-state index is 0.0829. The average Bonchev–Trinajstić information content (AvgIpc) is 2.28. The van der Waals surface area contributed by atoms with Gasteiger partial charge in [0.05, 0.1) is 5.02 Å². The van der Waals surface area contributed by atoms with Gasteiger partial charge >= 0.3 is 0 Å². The van der Waals surface area contributed by atoms with Gasteiger partial charge in [-0.2, -0.15) is 0 Å². The van der Waals surface area contributed by atoms with E-state index in [2.05, 4.69) is 14.7 Å². The summed E-state index contributed by atoms with van der Waals surface area (Å²) in [5, 5.41) is 0.458. The van der Waals surface area contributed by atoms with Crippen LogP contribution in [0.5, 0.6) is 0 Å². The number of nitrogens with one attached hydrogen (secondary N) is 1. The summed E-state index contributed by atoms with van der Waals surface area (Å²) in [6, 6.07) is 4.32. The summed E-state index contributed by atoms with van der Waals surface area (Å²) in [6.45, 7) is 0. The van der Waals surface area contributed by atoms with Gasteiger partial charge in [0.15, 0.2) is 0 Å². The minimum atomic E-state index is -3.83. The van der Waals surface area contributed by atoms with Crippen LogP contribution in [0.15, 0.2) is 41.7 Å². The van der Waals surface area contributed by atoms with E-state index >= 15 is 0 Å². The first-order chi connectivity index (χ1) is 8.49. The molecule has 0 fully saturated rings. The SMILES string of the molecule is O=S(=O)(Nc1cc(Cl)ccn1)c1cnccc1Cl. The molecule has 0 bridgehead atoms. The molecule has 94 valence electrons. The van der Waals surface area contributed by atoms with Gasteiger partial charge < -0.3 is 0 Å². The first-order valence-electron chi connectivity index (χ1n) is 4.73. The van der Waals surface area contributed by atoms with Crippen molar-refractivity contribution in [2.24, 2.45) is 0 Å². The number of sulfonamides is 1. The topological polar surface area (TPSA) is 72.0 Å². The zero-order valence-electron chi connectivity index (χ0n) is 8.84. The molecule has 0 unspecified atom stereocenters. The van der Waals surface area contributed by atoms with Crippen LogP contribution in [0.3, 0.4) is 0 Å². The van der Waals surface area contributed by atoms with E-state index in [-0.39, 0.29) is 15.7 Å². The Hall–Kier alpha value is -1.37. The smallest absolute Gasteiger partial charge is 0.263 e. The van der Waals surface area contributed by atoms with Crippen LogP contribution in [0.25, 0.3) is 0 Å². The van der Waals surface area contributed by atoms with E-state index < -0.39 is 10.0 Å². The second kappa shape index (κ2) is 5.09. The average molecular weight is 304 g/mol. The van der Waals surface area contributed by atoms with E-state index in [9.17, 15) is 8.42 Å². The lowest BCUT2D eigenvalue weighted by Gasteiger charge is -2.08. The Labute approximate surface area is 114 Å². The first kappa shape index (κ1) is 13.1. The molecule has 0 saturated carbocycles. The van der Waals surface area contributed by atoms with E-state index in [0.29, 0.717) is 5.02 Å². The molecule has 5 nitrogen and oxygen atoms in total. The third-order valence-electron chi connectivity index (χ3n) is 1.98. The summed E-state index contributed by atoms with van der Waals surface area (Å²) in [5.41, 5.74) is 0. The van der Waals surface area contributed by atoms with Crippen molar-refractivity contribution < 1.29 is 8.42 Å².